The molecule has 0 bridgehead atoms. The lowest BCUT2D eigenvalue weighted by Crippen LogP contribution is -2.29. The molecule has 0 spiro atoms. The fraction of sp³-hybridized carbons (Fsp3) is 0.300. The maximum atomic E-state index is 12.3. The molecule has 132 valence electrons. The number of carbonyl (C=O) groups is 2. The van der Waals surface area contributed by atoms with Crippen molar-refractivity contribution in [2.75, 3.05) is 23.7 Å². The van der Waals surface area contributed by atoms with E-state index in [1.165, 1.54) is 0 Å². The minimum absolute atomic E-state index is 0.130. The van der Waals surface area contributed by atoms with Gasteiger partial charge in [0, 0.05) is 12.2 Å². The van der Waals surface area contributed by atoms with E-state index in [1.807, 2.05) is 45.0 Å². The molecule has 25 heavy (non-hydrogen) atoms. The third-order valence-corrected chi connectivity index (χ3v) is 3.59. The molecule has 2 rings (SSSR count). The van der Waals surface area contributed by atoms with Crippen LogP contribution in [0.4, 0.5) is 11.4 Å². The number of carbonyl (C=O) groups excluding carboxylic acids is 2. The molecule has 0 heterocycles. The van der Waals surface area contributed by atoms with E-state index in [2.05, 4.69) is 16.0 Å². The molecule has 0 atom stereocenters. The van der Waals surface area contributed by atoms with E-state index in [9.17, 15) is 9.59 Å². The van der Waals surface area contributed by atoms with Crippen LogP contribution in [0.1, 0.15) is 29.8 Å². The molecule has 2 aromatic rings. The number of hydrogen-bond acceptors (Lipinski definition) is 3. The molecule has 0 aromatic heterocycles. The topological polar surface area (TPSA) is 70.2 Å². The van der Waals surface area contributed by atoms with Crippen LogP contribution in [0.25, 0.3) is 0 Å². The molecule has 2 aromatic carbocycles. The zero-order chi connectivity index (χ0) is 18.2. The number of benzene rings is 2. The Bertz CT molecular complexity index is 741. The van der Waals surface area contributed by atoms with Gasteiger partial charge in [-0.25, -0.2) is 0 Å². The first-order valence-corrected chi connectivity index (χ1v) is 8.43. The van der Waals surface area contributed by atoms with Crippen LogP contribution < -0.4 is 16.0 Å². The maximum Gasteiger partial charge on any atom is 0.253 e. The quantitative estimate of drug-likeness (QED) is 0.724. The summed E-state index contributed by atoms with van der Waals surface area (Å²) in [6.45, 7) is 6.79. The molecule has 0 unspecified atom stereocenters. The normalized spacial score (nSPS) is 10.4. The van der Waals surface area contributed by atoms with Gasteiger partial charge in [0.25, 0.3) is 5.91 Å². The van der Waals surface area contributed by atoms with E-state index in [4.69, 9.17) is 0 Å². The highest BCUT2D eigenvalue weighted by Crippen LogP contribution is 2.15. The van der Waals surface area contributed by atoms with Crippen molar-refractivity contribution >= 4 is 23.2 Å². The smallest absolute Gasteiger partial charge is 0.253 e. The van der Waals surface area contributed by atoms with Crippen LogP contribution in [0.2, 0.25) is 0 Å². The standard InChI is InChI=1S/C20H25N3O2/c1-14(2)12-22-20(25)17-9-4-5-10-18(17)23-19(24)13-21-16-8-6-7-15(3)11-16/h4-11,14,21H,12-13H2,1-3H3,(H,22,25)(H,23,24). The lowest BCUT2D eigenvalue weighted by atomic mass is 10.1. The average molecular weight is 339 g/mol. The van der Waals surface area contributed by atoms with Crippen LogP contribution in [0, 0.1) is 12.8 Å². The van der Waals surface area contributed by atoms with Gasteiger partial charge in [-0.15, -0.1) is 0 Å². The fourth-order valence-electron chi connectivity index (χ4n) is 2.31. The number of rotatable bonds is 7. The molecule has 0 fully saturated rings. The molecule has 3 N–H and O–H groups in total. The summed E-state index contributed by atoms with van der Waals surface area (Å²) < 4.78 is 0. The number of hydrogen-bond donors (Lipinski definition) is 3. The molecule has 0 saturated heterocycles. The van der Waals surface area contributed by atoms with E-state index in [0.717, 1.165) is 11.3 Å². The van der Waals surface area contributed by atoms with Crippen LogP contribution in [0.15, 0.2) is 48.5 Å². The summed E-state index contributed by atoms with van der Waals surface area (Å²) in [6, 6.07) is 14.8. The lowest BCUT2D eigenvalue weighted by molar-refractivity contribution is -0.114. The van der Waals surface area contributed by atoms with Gasteiger partial charge in [0.1, 0.15) is 0 Å². The summed E-state index contributed by atoms with van der Waals surface area (Å²) >= 11 is 0. The van der Waals surface area contributed by atoms with Crippen molar-refractivity contribution < 1.29 is 9.59 Å². The van der Waals surface area contributed by atoms with E-state index < -0.39 is 0 Å². The number of nitrogens with one attached hydrogen (secondary N) is 3. The molecule has 0 saturated carbocycles. The molecule has 2 amide bonds. The maximum absolute atomic E-state index is 12.3. The third-order valence-electron chi connectivity index (χ3n) is 3.59. The Labute approximate surface area is 148 Å². The largest absolute Gasteiger partial charge is 0.376 e. The monoisotopic (exact) mass is 339 g/mol. The Morgan fingerprint density at radius 1 is 1.04 bits per heavy atom. The first-order chi connectivity index (χ1) is 12.0. The average Bonchev–Trinajstić information content (AvgIpc) is 2.58. The van der Waals surface area contributed by atoms with Gasteiger partial charge >= 0.3 is 0 Å². The van der Waals surface area contributed by atoms with E-state index >= 15 is 0 Å². The van der Waals surface area contributed by atoms with E-state index in [0.29, 0.717) is 23.7 Å². The minimum Gasteiger partial charge on any atom is -0.376 e. The second-order valence-electron chi connectivity index (χ2n) is 6.42. The van der Waals surface area contributed by atoms with Gasteiger partial charge in [-0.2, -0.15) is 0 Å². The van der Waals surface area contributed by atoms with Gasteiger partial charge in [0.15, 0.2) is 0 Å². The summed E-state index contributed by atoms with van der Waals surface area (Å²) in [7, 11) is 0. The predicted molar refractivity (Wildman–Crippen MR) is 102 cm³/mol. The first-order valence-electron chi connectivity index (χ1n) is 8.43. The van der Waals surface area contributed by atoms with Gasteiger partial charge in [-0.05, 0) is 42.7 Å². The number of amides is 2. The van der Waals surface area contributed by atoms with Crippen molar-refractivity contribution in [3.63, 3.8) is 0 Å². The summed E-state index contributed by atoms with van der Waals surface area (Å²) in [5.74, 6) is -0.0221. The van der Waals surface area contributed by atoms with Crippen LogP contribution in [0.3, 0.4) is 0 Å². The molecule has 0 aliphatic heterocycles. The van der Waals surface area contributed by atoms with Gasteiger partial charge < -0.3 is 16.0 Å². The SMILES string of the molecule is Cc1cccc(NCC(=O)Nc2ccccc2C(=O)NCC(C)C)c1. The highest BCUT2D eigenvalue weighted by molar-refractivity contribution is 6.04. The van der Waals surface area contributed by atoms with Crippen molar-refractivity contribution in [1.29, 1.82) is 0 Å². The Hall–Kier alpha value is -2.82. The number of para-hydroxylation sites is 1. The van der Waals surface area contributed by atoms with Crippen LogP contribution in [-0.2, 0) is 4.79 Å². The highest BCUT2D eigenvalue weighted by Gasteiger charge is 2.13. The van der Waals surface area contributed by atoms with Gasteiger partial charge in [0.2, 0.25) is 5.91 Å². The van der Waals surface area contributed by atoms with Crippen molar-refractivity contribution in [2.24, 2.45) is 5.92 Å². The van der Waals surface area contributed by atoms with E-state index in [-0.39, 0.29) is 18.4 Å². The van der Waals surface area contributed by atoms with Crippen molar-refractivity contribution in [2.45, 2.75) is 20.8 Å². The molecule has 5 heteroatoms. The molecule has 0 radical (unpaired) electrons. The third kappa shape index (κ3) is 5.95. The molecule has 0 aliphatic carbocycles. The van der Waals surface area contributed by atoms with Gasteiger partial charge in [-0.1, -0.05) is 38.1 Å². The van der Waals surface area contributed by atoms with Crippen molar-refractivity contribution in [3.8, 4) is 0 Å². The number of aryl methyl sites for hydroxylation is 1. The van der Waals surface area contributed by atoms with E-state index in [1.54, 1.807) is 24.3 Å². The lowest BCUT2D eigenvalue weighted by Gasteiger charge is -2.13. The minimum atomic E-state index is -0.203. The molecular weight excluding hydrogens is 314 g/mol. The zero-order valence-electron chi connectivity index (χ0n) is 14.9. The molecule has 5 nitrogen and oxygen atoms in total. The van der Waals surface area contributed by atoms with Crippen molar-refractivity contribution in [1.82, 2.24) is 5.32 Å². The zero-order valence-corrected chi connectivity index (χ0v) is 14.9. The predicted octanol–water partition coefficient (Wildman–Crippen LogP) is 3.43. The summed E-state index contributed by atoms with van der Waals surface area (Å²) in [4.78, 5) is 24.5. The molecular formula is C20H25N3O2. The summed E-state index contributed by atoms with van der Waals surface area (Å²) in [5, 5.41) is 8.75. The Morgan fingerprint density at radius 3 is 2.52 bits per heavy atom. The van der Waals surface area contributed by atoms with Crippen LogP contribution >= 0.6 is 0 Å². The van der Waals surface area contributed by atoms with Crippen LogP contribution in [-0.4, -0.2) is 24.9 Å². The van der Waals surface area contributed by atoms with Crippen LogP contribution in [0.5, 0.6) is 0 Å². The highest BCUT2D eigenvalue weighted by atomic mass is 16.2. The Kier molecular flexibility index (Phi) is 6.57. The second kappa shape index (κ2) is 8.87. The van der Waals surface area contributed by atoms with Gasteiger partial charge in [0.05, 0.1) is 17.8 Å². The first kappa shape index (κ1) is 18.5. The molecule has 0 aliphatic rings. The summed E-state index contributed by atoms with van der Waals surface area (Å²) in [5.41, 5.74) is 2.99. The number of anilines is 2. The Balaban J connectivity index is 1.97. The second-order valence-corrected chi connectivity index (χ2v) is 6.42. The van der Waals surface area contributed by atoms with Crippen molar-refractivity contribution in [3.05, 3.63) is 59.7 Å². The Morgan fingerprint density at radius 2 is 1.80 bits per heavy atom. The fourth-order valence-corrected chi connectivity index (χ4v) is 2.31. The van der Waals surface area contributed by atoms with Gasteiger partial charge in [-0.3, -0.25) is 9.59 Å². The summed E-state index contributed by atoms with van der Waals surface area (Å²) in [6.07, 6.45) is 0.